The van der Waals surface area contributed by atoms with Crippen molar-refractivity contribution in [3.05, 3.63) is 58.1 Å². The number of aromatic carboxylic acids is 1. The number of hydrogen-bond donors (Lipinski definition) is 0. The predicted molar refractivity (Wildman–Crippen MR) is 66.2 cm³/mol. The number of carboxylic acid groups (broad SMARTS) is 1. The van der Waals surface area contributed by atoms with E-state index in [1.165, 1.54) is 6.07 Å². The van der Waals surface area contributed by atoms with E-state index in [-0.39, 0.29) is 5.56 Å². The maximum atomic E-state index is 11.0. The Morgan fingerprint density at radius 1 is 1.00 bits per heavy atom. The lowest BCUT2D eigenvalue weighted by atomic mass is 10.00. The van der Waals surface area contributed by atoms with Crippen molar-refractivity contribution in [3.63, 3.8) is 0 Å². The zero-order valence-electron chi connectivity index (χ0n) is 8.61. The summed E-state index contributed by atoms with van der Waals surface area (Å²) < 4.78 is 0. The molecular formula is C13H7Cl2O2-. The fourth-order valence-corrected chi connectivity index (χ4v) is 2.15. The Labute approximate surface area is 108 Å². The molecule has 0 atom stereocenters. The Hall–Kier alpha value is -1.51. The van der Waals surface area contributed by atoms with Gasteiger partial charge in [0.15, 0.2) is 0 Å². The third kappa shape index (κ3) is 2.60. The van der Waals surface area contributed by atoms with E-state index >= 15 is 0 Å². The van der Waals surface area contributed by atoms with Gasteiger partial charge >= 0.3 is 0 Å². The summed E-state index contributed by atoms with van der Waals surface area (Å²) in [6.45, 7) is 0. The molecule has 2 rings (SSSR count). The molecule has 0 unspecified atom stereocenters. The van der Waals surface area contributed by atoms with Gasteiger partial charge in [0.05, 0.1) is 5.97 Å². The number of rotatable bonds is 2. The van der Waals surface area contributed by atoms with Gasteiger partial charge in [-0.05, 0) is 29.3 Å². The second-order valence-electron chi connectivity index (χ2n) is 3.49. The molecule has 0 heterocycles. The molecule has 17 heavy (non-hydrogen) atoms. The number of carbonyl (C=O) groups is 1. The first kappa shape index (κ1) is 12.0. The first-order chi connectivity index (χ1) is 8.08. The molecular weight excluding hydrogens is 259 g/mol. The van der Waals surface area contributed by atoms with Gasteiger partial charge in [-0.3, -0.25) is 0 Å². The van der Waals surface area contributed by atoms with Gasteiger partial charge in [0.25, 0.3) is 0 Å². The van der Waals surface area contributed by atoms with Crippen LogP contribution in [0.2, 0.25) is 10.0 Å². The van der Waals surface area contributed by atoms with Crippen LogP contribution in [-0.2, 0) is 0 Å². The lowest BCUT2D eigenvalue weighted by molar-refractivity contribution is -0.254. The van der Waals surface area contributed by atoms with Crippen molar-refractivity contribution in [2.45, 2.75) is 0 Å². The molecule has 0 saturated heterocycles. The minimum atomic E-state index is -1.23. The second-order valence-corrected chi connectivity index (χ2v) is 4.36. The molecule has 0 aliphatic carbocycles. The van der Waals surface area contributed by atoms with E-state index in [0.717, 1.165) is 0 Å². The van der Waals surface area contributed by atoms with Gasteiger partial charge in [0, 0.05) is 15.6 Å². The van der Waals surface area contributed by atoms with Crippen molar-refractivity contribution in [1.29, 1.82) is 0 Å². The molecule has 0 bridgehead atoms. The molecule has 0 saturated carbocycles. The van der Waals surface area contributed by atoms with Crippen LogP contribution in [0.5, 0.6) is 0 Å². The lowest BCUT2D eigenvalue weighted by Gasteiger charge is -2.11. The topological polar surface area (TPSA) is 40.1 Å². The monoisotopic (exact) mass is 265 g/mol. The van der Waals surface area contributed by atoms with Crippen molar-refractivity contribution in [2.24, 2.45) is 0 Å². The maximum absolute atomic E-state index is 11.0. The predicted octanol–water partition coefficient (Wildman–Crippen LogP) is 3.02. The summed E-state index contributed by atoms with van der Waals surface area (Å²) in [6, 6.07) is 11.5. The van der Waals surface area contributed by atoms with E-state index in [0.29, 0.717) is 21.2 Å². The van der Waals surface area contributed by atoms with Gasteiger partial charge < -0.3 is 9.90 Å². The van der Waals surface area contributed by atoms with Gasteiger partial charge in [0.1, 0.15) is 0 Å². The normalized spacial score (nSPS) is 10.2. The molecule has 2 aromatic rings. The summed E-state index contributed by atoms with van der Waals surface area (Å²) in [5, 5.41) is 11.9. The minimum absolute atomic E-state index is 0.117. The van der Waals surface area contributed by atoms with Crippen LogP contribution in [0.15, 0.2) is 42.5 Å². The van der Waals surface area contributed by atoms with Gasteiger partial charge in [-0.1, -0.05) is 47.5 Å². The van der Waals surface area contributed by atoms with Crippen molar-refractivity contribution in [3.8, 4) is 11.1 Å². The Morgan fingerprint density at radius 3 is 2.18 bits per heavy atom. The molecule has 0 amide bonds. The van der Waals surface area contributed by atoms with Crippen molar-refractivity contribution < 1.29 is 9.90 Å². The van der Waals surface area contributed by atoms with Crippen LogP contribution in [0.4, 0.5) is 0 Å². The Morgan fingerprint density at radius 2 is 1.59 bits per heavy atom. The van der Waals surface area contributed by atoms with Gasteiger partial charge in [0.2, 0.25) is 0 Å². The van der Waals surface area contributed by atoms with Crippen molar-refractivity contribution >= 4 is 29.2 Å². The molecule has 0 aromatic heterocycles. The van der Waals surface area contributed by atoms with E-state index in [9.17, 15) is 9.90 Å². The number of benzene rings is 2. The molecule has 2 aromatic carbocycles. The summed E-state index contributed by atoms with van der Waals surface area (Å²) in [5.41, 5.74) is 1.31. The van der Waals surface area contributed by atoms with E-state index in [1.807, 2.05) is 0 Å². The van der Waals surface area contributed by atoms with Crippen LogP contribution in [0.3, 0.4) is 0 Å². The van der Waals surface area contributed by atoms with Crippen LogP contribution in [0.25, 0.3) is 11.1 Å². The minimum Gasteiger partial charge on any atom is -0.545 e. The summed E-state index contributed by atoms with van der Waals surface area (Å²) in [7, 11) is 0. The average molecular weight is 266 g/mol. The quantitative estimate of drug-likeness (QED) is 0.838. The molecule has 4 heteroatoms. The Kier molecular flexibility index (Phi) is 3.36. The van der Waals surface area contributed by atoms with E-state index in [4.69, 9.17) is 23.2 Å². The molecule has 0 fully saturated rings. The molecule has 2 nitrogen and oxygen atoms in total. The summed E-state index contributed by atoms with van der Waals surface area (Å²) in [5.74, 6) is -1.23. The zero-order chi connectivity index (χ0) is 12.4. The number of halogens is 2. The molecule has 0 radical (unpaired) electrons. The van der Waals surface area contributed by atoms with Crippen molar-refractivity contribution in [1.82, 2.24) is 0 Å². The zero-order valence-corrected chi connectivity index (χ0v) is 10.1. The van der Waals surface area contributed by atoms with E-state index in [2.05, 4.69) is 0 Å². The highest BCUT2D eigenvalue weighted by molar-refractivity contribution is 6.35. The summed E-state index contributed by atoms with van der Waals surface area (Å²) in [4.78, 5) is 11.0. The fourth-order valence-electron chi connectivity index (χ4n) is 1.62. The van der Waals surface area contributed by atoms with E-state index in [1.54, 1.807) is 36.4 Å². The Balaban J connectivity index is 2.64. The molecule has 0 N–H and O–H groups in total. The van der Waals surface area contributed by atoms with Crippen LogP contribution in [0, 0.1) is 0 Å². The van der Waals surface area contributed by atoms with E-state index < -0.39 is 5.97 Å². The summed E-state index contributed by atoms with van der Waals surface area (Å²) in [6.07, 6.45) is 0. The fraction of sp³-hybridized carbons (Fsp3) is 0. The van der Waals surface area contributed by atoms with Crippen LogP contribution in [0.1, 0.15) is 10.4 Å². The van der Waals surface area contributed by atoms with Crippen LogP contribution in [-0.4, -0.2) is 5.97 Å². The average Bonchev–Trinajstić information content (AvgIpc) is 2.27. The summed E-state index contributed by atoms with van der Waals surface area (Å²) >= 11 is 11.8. The molecule has 0 aliphatic rings. The van der Waals surface area contributed by atoms with Gasteiger partial charge in [-0.15, -0.1) is 0 Å². The highest BCUT2D eigenvalue weighted by Gasteiger charge is 2.07. The molecule has 0 spiro atoms. The smallest absolute Gasteiger partial charge is 0.0721 e. The lowest BCUT2D eigenvalue weighted by Crippen LogP contribution is -2.22. The SMILES string of the molecule is O=C([O-])c1ccccc1-c1cc(Cl)cc(Cl)c1. The number of hydrogen-bond acceptors (Lipinski definition) is 2. The second kappa shape index (κ2) is 4.78. The highest BCUT2D eigenvalue weighted by Crippen LogP contribution is 2.29. The van der Waals surface area contributed by atoms with Crippen molar-refractivity contribution in [2.75, 3.05) is 0 Å². The largest absolute Gasteiger partial charge is 0.545 e. The highest BCUT2D eigenvalue weighted by atomic mass is 35.5. The third-order valence-corrected chi connectivity index (χ3v) is 2.76. The van der Waals surface area contributed by atoms with Gasteiger partial charge in [-0.25, -0.2) is 0 Å². The first-order valence-electron chi connectivity index (χ1n) is 4.85. The molecule has 86 valence electrons. The van der Waals surface area contributed by atoms with Crippen LogP contribution >= 0.6 is 23.2 Å². The van der Waals surface area contributed by atoms with Crippen LogP contribution < -0.4 is 5.11 Å². The Bertz CT molecular complexity index is 559. The number of carboxylic acids is 1. The van der Waals surface area contributed by atoms with Gasteiger partial charge in [-0.2, -0.15) is 0 Å². The third-order valence-electron chi connectivity index (χ3n) is 2.32. The molecule has 0 aliphatic heterocycles. The maximum Gasteiger partial charge on any atom is 0.0721 e. The standard InChI is InChI=1S/C13H8Cl2O2/c14-9-5-8(6-10(15)7-9)11-3-1-2-4-12(11)13(16)17/h1-7H,(H,16,17)/p-1. The number of carbonyl (C=O) groups excluding carboxylic acids is 1. The first-order valence-corrected chi connectivity index (χ1v) is 5.60.